The van der Waals surface area contributed by atoms with Crippen molar-refractivity contribution in [2.75, 3.05) is 5.75 Å². The van der Waals surface area contributed by atoms with Gasteiger partial charge in [0.15, 0.2) is 0 Å². The fraction of sp³-hybridized carbons (Fsp3) is 0.952. The molecule has 24 heavy (non-hydrogen) atoms. The second kappa shape index (κ2) is 9.50. The largest absolute Gasteiger partial charge is 0.469 e. The molecule has 1 aliphatic heterocycles. The van der Waals surface area contributed by atoms with Crippen LogP contribution in [0.25, 0.3) is 0 Å². The molecule has 138 valence electrons. The smallest absolute Gasteiger partial charge is 0.246 e. The average Bonchev–Trinajstić information content (AvgIpc) is 2.62. The molecule has 0 N–H and O–H groups in total. The molecule has 3 heteroatoms. The van der Waals surface area contributed by atoms with E-state index in [4.69, 9.17) is 9.73 Å². The van der Waals surface area contributed by atoms with Crippen molar-refractivity contribution >= 4 is 17.0 Å². The van der Waals surface area contributed by atoms with Crippen molar-refractivity contribution in [3.63, 3.8) is 0 Å². The number of hydrogen-bond donors (Lipinski definition) is 0. The van der Waals surface area contributed by atoms with Gasteiger partial charge in [0.2, 0.25) is 5.23 Å². The summed E-state index contributed by atoms with van der Waals surface area (Å²) in [5.41, 5.74) is 0.255. The van der Waals surface area contributed by atoms with E-state index in [0.29, 0.717) is 12.0 Å². The van der Waals surface area contributed by atoms with Gasteiger partial charge in [-0.1, -0.05) is 76.5 Å². The lowest BCUT2D eigenvalue weighted by atomic mass is 9.66. The van der Waals surface area contributed by atoms with E-state index >= 15 is 0 Å². The number of hydrogen-bond acceptors (Lipinski definition) is 3. The second-order valence-electron chi connectivity index (χ2n) is 8.21. The molecule has 0 bridgehead atoms. The van der Waals surface area contributed by atoms with E-state index in [1.54, 1.807) is 0 Å². The minimum absolute atomic E-state index is 0.255. The summed E-state index contributed by atoms with van der Waals surface area (Å²) in [5, 5.41) is 1.05. The number of nitrogens with zero attached hydrogens (tertiary/aromatic N) is 1. The number of rotatable bonds is 7. The molecule has 2 aliphatic carbocycles. The predicted molar refractivity (Wildman–Crippen MR) is 106 cm³/mol. The summed E-state index contributed by atoms with van der Waals surface area (Å²) in [4.78, 5) is 5.26. The summed E-state index contributed by atoms with van der Waals surface area (Å²) >= 11 is 1.91. The Kier molecular flexibility index (Phi) is 7.36. The summed E-state index contributed by atoms with van der Waals surface area (Å²) in [6.07, 6.45) is 20.9. The van der Waals surface area contributed by atoms with E-state index in [-0.39, 0.29) is 5.54 Å². The van der Waals surface area contributed by atoms with E-state index < -0.39 is 0 Å². The van der Waals surface area contributed by atoms with Crippen LogP contribution >= 0.6 is 11.8 Å². The van der Waals surface area contributed by atoms with Gasteiger partial charge in [0.1, 0.15) is 6.10 Å². The van der Waals surface area contributed by atoms with Gasteiger partial charge in [-0.2, -0.15) is 0 Å². The lowest BCUT2D eigenvalue weighted by Gasteiger charge is -2.49. The molecular weight excluding hydrogens is 314 g/mol. The average molecular weight is 352 g/mol. The molecule has 0 unspecified atom stereocenters. The Morgan fingerprint density at radius 2 is 1.71 bits per heavy atom. The number of aliphatic imine (C=N–C) groups is 1. The van der Waals surface area contributed by atoms with E-state index in [9.17, 15) is 0 Å². The van der Waals surface area contributed by atoms with E-state index in [1.807, 2.05) is 11.8 Å². The van der Waals surface area contributed by atoms with Crippen molar-refractivity contribution in [2.45, 2.75) is 115 Å². The van der Waals surface area contributed by atoms with Crippen molar-refractivity contribution in [3.8, 4) is 0 Å². The molecule has 3 rings (SSSR count). The van der Waals surface area contributed by atoms with Crippen LogP contribution in [0.2, 0.25) is 0 Å². The van der Waals surface area contributed by atoms with Crippen molar-refractivity contribution in [2.24, 2.45) is 10.9 Å². The van der Waals surface area contributed by atoms with Crippen molar-refractivity contribution < 1.29 is 4.74 Å². The van der Waals surface area contributed by atoms with Gasteiger partial charge in [-0.25, -0.2) is 4.99 Å². The first-order chi connectivity index (χ1) is 11.8. The van der Waals surface area contributed by atoms with E-state index in [0.717, 1.165) is 5.23 Å². The molecule has 2 saturated carbocycles. The molecule has 0 amide bonds. The number of fused-ring (bicyclic) bond motifs is 2. The Labute approximate surface area is 153 Å². The first kappa shape index (κ1) is 18.6. The normalized spacial score (nSPS) is 29.0. The van der Waals surface area contributed by atoms with Crippen LogP contribution in [0.1, 0.15) is 103 Å². The highest BCUT2D eigenvalue weighted by Gasteiger charge is 2.48. The zero-order valence-corrected chi connectivity index (χ0v) is 16.5. The van der Waals surface area contributed by atoms with Crippen LogP contribution in [0, 0.1) is 5.92 Å². The third-order valence-electron chi connectivity index (χ3n) is 6.40. The molecule has 2 atom stereocenters. The third-order valence-corrected chi connectivity index (χ3v) is 7.33. The van der Waals surface area contributed by atoms with Gasteiger partial charge in [0.25, 0.3) is 0 Å². The molecule has 0 saturated heterocycles. The first-order valence-electron chi connectivity index (χ1n) is 10.7. The molecule has 1 spiro atoms. The molecule has 0 aromatic carbocycles. The molecule has 0 aromatic heterocycles. The van der Waals surface area contributed by atoms with Gasteiger partial charge in [0, 0.05) is 11.7 Å². The van der Waals surface area contributed by atoms with Crippen molar-refractivity contribution in [1.29, 1.82) is 0 Å². The quantitative estimate of drug-likeness (QED) is 0.474. The lowest BCUT2D eigenvalue weighted by Crippen LogP contribution is -2.51. The SMILES string of the molecule is CCCCCCCCSC1=NC2(CCCCC2)[C@H]2CCCC[C@H]2O1. The van der Waals surface area contributed by atoms with Crippen LogP contribution in [-0.2, 0) is 4.74 Å². The molecule has 0 aromatic rings. The van der Waals surface area contributed by atoms with Crippen molar-refractivity contribution in [3.05, 3.63) is 0 Å². The van der Waals surface area contributed by atoms with Crippen LogP contribution in [0.3, 0.4) is 0 Å². The third kappa shape index (κ3) is 4.71. The van der Waals surface area contributed by atoms with Gasteiger partial charge in [0.05, 0.1) is 5.54 Å². The van der Waals surface area contributed by atoms with Gasteiger partial charge in [-0.05, 0) is 38.5 Å². The number of unbranched alkanes of at least 4 members (excludes halogenated alkanes) is 5. The van der Waals surface area contributed by atoms with Crippen molar-refractivity contribution in [1.82, 2.24) is 0 Å². The summed E-state index contributed by atoms with van der Waals surface area (Å²) in [7, 11) is 0. The van der Waals surface area contributed by atoms with Gasteiger partial charge in [-0.3, -0.25) is 0 Å². The van der Waals surface area contributed by atoms with Crippen LogP contribution < -0.4 is 0 Å². The van der Waals surface area contributed by atoms with Gasteiger partial charge < -0.3 is 4.74 Å². The Balaban J connectivity index is 1.52. The van der Waals surface area contributed by atoms with Crippen LogP contribution in [0.4, 0.5) is 0 Å². The Morgan fingerprint density at radius 3 is 2.54 bits per heavy atom. The molecule has 2 fully saturated rings. The summed E-state index contributed by atoms with van der Waals surface area (Å²) < 4.78 is 6.38. The molecule has 0 radical (unpaired) electrons. The minimum Gasteiger partial charge on any atom is -0.469 e. The zero-order valence-electron chi connectivity index (χ0n) is 15.7. The Bertz CT molecular complexity index is 403. The fourth-order valence-corrected chi connectivity index (χ4v) is 5.99. The fourth-order valence-electron chi connectivity index (χ4n) is 5.03. The molecule has 2 nitrogen and oxygen atoms in total. The summed E-state index contributed by atoms with van der Waals surface area (Å²) in [6, 6.07) is 0. The maximum atomic E-state index is 6.38. The van der Waals surface area contributed by atoms with Crippen LogP contribution in [-0.4, -0.2) is 22.6 Å². The standard InChI is InChI=1S/C21H37NOS/c1-2-3-4-5-6-12-17-24-20-22-21(15-10-7-11-16-21)18-13-8-9-14-19(18)23-20/h18-19H,2-17H2,1H3/t18-,19+/m0/s1. The predicted octanol–water partition coefficient (Wildman–Crippen LogP) is 6.73. The monoisotopic (exact) mass is 351 g/mol. The summed E-state index contributed by atoms with van der Waals surface area (Å²) in [5.74, 6) is 1.91. The highest BCUT2D eigenvalue weighted by molar-refractivity contribution is 8.13. The maximum Gasteiger partial charge on any atom is 0.246 e. The van der Waals surface area contributed by atoms with Crippen LogP contribution in [0.15, 0.2) is 4.99 Å². The van der Waals surface area contributed by atoms with E-state index in [2.05, 4.69) is 6.92 Å². The number of thioether (sulfide) groups is 1. The summed E-state index contributed by atoms with van der Waals surface area (Å²) in [6.45, 7) is 2.29. The Morgan fingerprint density at radius 1 is 0.958 bits per heavy atom. The highest BCUT2D eigenvalue weighted by atomic mass is 32.2. The molecular formula is C21H37NOS. The lowest BCUT2D eigenvalue weighted by molar-refractivity contribution is 0.00299. The van der Waals surface area contributed by atoms with E-state index in [1.165, 1.54) is 102 Å². The topological polar surface area (TPSA) is 21.6 Å². The maximum absolute atomic E-state index is 6.38. The van der Waals surface area contributed by atoms with Crippen LogP contribution in [0.5, 0.6) is 0 Å². The Hall–Kier alpha value is -0.180. The second-order valence-corrected chi connectivity index (χ2v) is 9.25. The number of ether oxygens (including phenoxy) is 1. The highest BCUT2D eigenvalue weighted by Crippen LogP contribution is 2.48. The van der Waals surface area contributed by atoms with Gasteiger partial charge >= 0.3 is 0 Å². The minimum atomic E-state index is 0.255. The molecule has 3 aliphatic rings. The molecule has 1 heterocycles. The zero-order chi connectivity index (χ0) is 16.7. The van der Waals surface area contributed by atoms with Gasteiger partial charge in [-0.15, -0.1) is 0 Å². The first-order valence-corrected chi connectivity index (χ1v) is 11.7.